The number of anilines is 2. The second-order valence-electron chi connectivity index (χ2n) is 9.93. The van der Waals surface area contributed by atoms with Gasteiger partial charge in [-0.1, -0.05) is 27.7 Å². The smallest absolute Gasteiger partial charge is 0.341 e. The SMILES string of the molecule is CC[C@H]1OC(=O)[C@H](F)[C@@H]1C.CC[C@H]1OC(O)(c2ccc3c(N)ncnn23)[C@H](F)[C@@H]1C.Nc1ncnn2c(Br)ccc12. The second-order valence-corrected chi connectivity index (χ2v) is 10.7. The van der Waals surface area contributed by atoms with Crippen molar-refractivity contribution in [3.8, 4) is 0 Å². The van der Waals surface area contributed by atoms with Gasteiger partial charge in [0.2, 0.25) is 12.0 Å². The molecule has 12 nitrogen and oxygen atoms in total. The summed E-state index contributed by atoms with van der Waals surface area (Å²) in [5, 5.41) is 18.7. The Labute approximate surface area is 243 Å². The zero-order valence-electron chi connectivity index (χ0n) is 23.0. The Balaban J connectivity index is 0.000000156. The van der Waals surface area contributed by atoms with Gasteiger partial charge in [0.25, 0.3) is 0 Å². The number of aliphatic hydroxyl groups is 1. The van der Waals surface area contributed by atoms with Crippen LogP contribution in [0.2, 0.25) is 0 Å². The highest BCUT2D eigenvalue weighted by molar-refractivity contribution is 9.10. The van der Waals surface area contributed by atoms with E-state index in [1.807, 2.05) is 26.0 Å². The number of carbonyl (C=O) groups excluding carboxylic acids is 1. The van der Waals surface area contributed by atoms with Gasteiger partial charge in [0.05, 0.1) is 6.10 Å². The van der Waals surface area contributed by atoms with Gasteiger partial charge in [-0.3, -0.25) is 0 Å². The summed E-state index contributed by atoms with van der Waals surface area (Å²) in [6, 6.07) is 6.94. The molecule has 0 bridgehead atoms. The lowest BCUT2D eigenvalue weighted by Crippen LogP contribution is -2.36. The first kappa shape index (κ1) is 30.5. The fourth-order valence-corrected chi connectivity index (χ4v) is 5.34. The van der Waals surface area contributed by atoms with Crippen molar-refractivity contribution in [1.82, 2.24) is 29.2 Å². The first-order chi connectivity index (χ1) is 19.4. The van der Waals surface area contributed by atoms with Gasteiger partial charge in [-0.15, -0.1) is 0 Å². The lowest BCUT2D eigenvalue weighted by atomic mass is 9.95. The number of nitrogens with zero attached hydrogens (tertiary/aromatic N) is 6. The van der Waals surface area contributed by atoms with Crippen molar-refractivity contribution < 1.29 is 28.2 Å². The molecule has 2 saturated heterocycles. The van der Waals surface area contributed by atoms with Crippen LogP contribution in [0.4, 0.5) is 20.4 Å². The highest BCUT2D eigenvalue weighted by Gasteiger charge is 2.55. The Kier molecular flexibility index (Phi) is 9.09. The first-order valence-corrected chi connectivity index (χ1v) is 13.9. The van der Waals surface area contributed by atoms with E-state index in [1.165, 1.54) is 17.2 Å². The van der Waals surface area contributed by atoms with E-state index in [1.54, 1.807) is 30.5 Å². The molecule has 2 fully saturated rings. The Bertz CT molecular complexity index is 1520. The number of alkyl halides is 2. The van der Waals surface area contributed by atoms with Crippen LogP contribution in [-0.2, 0) is 20.1 Å². The molecule has 0 aliphatic carbocycles. The summed E-state index contributed by atoms with van der Waals surface area (Å²) in [6.07, 6.45) is 0.553. The second kappa shape index (κ2) is 12.2. The fraction of sp³-hybridized carbons (Fsp3) is 0.500. The molecule has 5 N–H and O–H groups in total. The van der Waals surface area contributed by atoms with Crippen LogP contribution in [0.3, 0.4) is 0 Å². The summed E-state index contributed by atoms with van der Waals surface area (Å²) >= 11 is 3.32. The first-order valence-electron chi connectivity index (χ1n) is 13.2. The molecule has 6 heterocycles. The Morgan fingerprint density at radius 2 is 1.51 bits per heavy atom. The predicted octanol–water partition coefficient (Wildman–Crippen LogP) is 3.61. The number of fused-ring (bicyclic) bond motifs is 2. The maximum atomic E-state index is 14.5. The minimum Gasteiger partial charge on any atom is -0.460 e. The number of cyclic esters (lactones) is 1. The zero-order valence-corrected chi connectivity index (χ0v) is 24.6. The maximum absolute atomic E-state index is 14.5. The molecule has 7 atom stereocenters. The quantitative estimate of drug-likeness (QED) is 0.282. The van der Waals surface area contributed by atoms with Gasteiger partial charge in [-0.05, 0) is 53.0 Å². The molecule has 0 amide bonds. The fourth-order valence-electron chi connectivity index (χ4n) is 4.93. The van der Waals surface area contributed by atoms with E-state index < -0.39 is 30.0 Å². The third-order valence-corrected chi connectivity index (χ3v) is 7.98. The molecule has 0 radical (unpaired) electrons. The highest BCUT2D eigenvalue weighted by Crippen LogP contribution is 2.44. The molecule has 4 aromatic rings. The monoisotopic (exact) mass is 638 g/mol. The Morgan fingerprint density at radius 1 is 0.951 bits per heavy atom. The maximum Gasteiger partial charge on any atom is 0.341 e. The van der Waals surface area contributed by atoms with Crippen molar-refractivity contribution >= 4 is 44.6 Å². The van der Waals surface area contributed by atoms with Gasteiger partial charge in [0.15, 0.2) is 17.8 Å². The third-order valence-electron chi connectivity index (χ3n) is 7.38. The van der Waals surface area contributed by atoms with Crippen molar-refractivity contribution in [1.29, 1.82) is 0 Å². The number of nitrogens with two attached hydrogens (primary N) is 2. The summed E-state index contributed by atoms with van der Waals surface area (Å²) in [6.45, 7) is 7.21. The van der Waals surface area contributed by atoms with Crippen LogP contribution < -0.4 is 11.5 Å². The molecule has 15 heteroatoms. The summed E-state index contributed by atoms with van der Waals surface area (Å²) in [7, 11) is 0. The molecule has 2 aliphatic heterocycles. The number of ether oxygens (including phenoxy) is 2. The number of aromatic nitrogens is 6. The summed E-state index contributed by atoms with van der Waals surface area (Å²) in [5.74, 6) is -2.60. The van der Waals surface area contributed by atoms with Crippen molar-refractivity contribution in [3.05, 3.63) is 47.2 Å². The molecule has 4 aromatic heterocycles. The summed E-state index contributed by atoms with van der Waals surface area (Å²) < 4.78 is 41.4. The highest BCUT2D eigenvalue weighted by atomic mass is 79.9. The van der Waals surface area contributed by atoms with Gasteiger partial charge in [-0.2, -0.15) is 10.2 Å². The number of rotatable bonds is 3. The summed E-state index contributed by atoms with van der Waals surface area (Å²) in [4.78, 5) is 18.3. The van der Waals surface area contributed by atoms with Crippen molar-refractivity contribution in [3.63, 3.8) is 0 Å². The number of hydrogen-bond acceptors (Lipinski definition) is 10. The standard InChI is InChI=1S/C13H17FN4O2.C7H11FO2.C6H5BrN4/c1-3-9-7(2)11(14)13(19,20-9)10-5-4-8-12(15)16-6-17-18(8)10;1-3-5-4(2)6(8)7(9)10-5;7-5-2-1-4-6(8)9-3-10-11(4)5/h4-7,9,11,19H,3H2,1-2H3,(H2,15,16,17);4-6H,3H2,1-2H3;1-3H,(H2,8,9,10)/t7-,9-,11-,13?;4-,5-,6-;/m11./s1. The van der Waals surface area contributed by atoms with E-state index in [0.717, 1.165) is 10.1 Å². The van der Waals surface area contributed by atoms with Gasteiger partial charge in [0, 0.05) is 11.8 Å². The lowest BCUT2D eigenvalue weighted by Gasteiger charge is -2.24. The largest absolute Gasteiger partial charge is 0.460 e. The normalized spacial score (nSPS) is 29.1. The molecule has 1 unspecified atom stereocenters. The van der Waals surface area contributed by atoms with Crippen molar-refractivity contribution in [2.45, 2.75) is 70.9 Å². The summed E-state index contributed by atoms with van der Waals surface area (Å²) in [5.41, 5.74) is 12.9. The van der Waals surface area contributed by atoms with Crippen LogP contribution in [-0.4, -0.2) is 64.8 Å². The van der Waals surface area contributed by atoms with Crippen LogP contribution in [0.1, 0.15) is 46.2 Å². The van der Waals surface area contributed by atoms with E-state index in [0.29, 0.717) is 24.2 Å². The molecule has 41 heavy (non-hydrogen) atoms. The molecule has 0 spiro atoms. The van der Waals surface area contributed by atoms with E-state index in [9.17, 15) is 18.7 Å². The van der Waals surface area contributed by atoms with Crippen LogP contribution in [0, 0.1) is 11.8 Å². The van der Waals surface area contributed by atoms with Crippen LogP contribution in [0.25, 0.3) is 11.0 Å². The average molecular weight is 640 g/mol. The number of carbonyl (C=O) groups is 1. The average Bonchev–Trinajstić information content (AvgIpc) is 3.69. The third kappa shape index (κ3) is 5.70. The van der Waals surface area contributed by atoms with Crippen molar-refractivity contribution in [2.24, 2.45) is 11.8 Å². The number of esters is 1. The van der Waals surface area contributed by atoms with Crippen LogP contribution >= 0.6 is 15.9 Å². The van der Waals surface area contributed by atoms with E-state index >= 15 is 0 Å². The molecular formula is C26H33BrF2N8O4. The number of nitrogen functional groups attached to an aromatic ring is 2. The van der Waals surface area contributed by atoms with Gasteiger partial charge < -0.3 is 26.0 Å². The molecule has 222 valence electrons. The van der Waals surface area contributed by atoms with Gasteiger partial charge >= 0.3 is 5.97 Å². The lowest BCUT2D eigenvalue weighted by molar-refractivity contribution is -0.227. The number of halogens is 3. The molecule has 6 rings (SSSR count). The van der Waals surface area contributed by atoms with Crippen LogP contribution in [0.5, 0.6) is 0 Å². The number of hydrogen-bond donors (Lipinski definition) is 3. The van der Waals surface area contributed by atoms with Crippen molar-refractivity contribution in [2.75, 3.05) is 11.5 Å². The molecule has 0 aromatic carbocycles. The topological polar surface area (TPSA) is 168 Å². The van der Waals surface area contributed by atoms with Gasteiger partial charge in [0.1, 0.15) is 40.1 Å². The van der Waals surface area contributed by atoms with E-state index in [-0.39, 0.29) is 29.6 Å². The predicted molar refractivity (Wildman–Crippen MR) is 150 cm³/mol. The van der Waals surface area contributed by atoms with Crippen LogP contribution in [0.15, 0.2) is 41.5 Å². The Morgan fingerprint density at radius 3 is 2.00 bits per heavy atom. The minimum atomic E-state index is -2.01. The molecular weight excluding hydrogens is 606 g/mol. The van der Waals surface area contributed by atoms with E-state index in [2.05, 4.69) is 36.1 Å². The zero-order chi connectivity index (χ0) is 30.1. The molecule has 0 saturated carbocycles. The Hall–Kier alpha value is -3.43. The van der Waals surface area contributed by atoms with E-state index in [4.69, 9.17) is 20.9 Å². The minimum absolute atomic E-state index is 0.206. The van der Waals surface area contributed by atoms with Gasteiger partial charge in [-0.25, -0.2) is 32.6 Å². The molecule has 2 aliphatic rings.